The molecule has 2 aliphatic heterocycles. The van der Waals surface area contributed by atoms with Crippen LogP contribution >= 0.6 is 0 Å². The maximum absolute atomic E-state index is 13.3. The first kappa shape index (κ1) is 18.7. The molecule has 2 amide bonds. The molecule has 1 saturated heterocycles. The van der Waals surface area contributed by atoms with Crippen LogP contribution in [0.3, 0.4) is 0 Å². The summed E-state index contributed by atoms with van der Waals surface area (Å²) in [4.78, 5) is 33.3. The van der Waals surface area contributed by atoms with Gasteiger partial charge in [-0.15, -0.1) is 0 Å². The molecule has 3 heterocycles. The van der Waals surface area contributed by atoms with Crippen molar-refractivity contribution in [3.63, 3.8) is 0 Å². The van der Waals surface area contributed by atoms with Crippen molar-refractivity contribution < 1.29 is 14.3 Å². The van der Waals surface area contributed by atoms with Crippen LogP contribution in [0.5, 0.6) is 5.75 Å². The van der Waals surface area contributed by atoms with E-state index in [1.165, 1.54) is 0 Å². The first-order valence-electron chi connectivity index (χ1n) is 10.6. The van der Waals surface area contributed by atoms with Gasteiger partial charge in [-0.2, -0.15) is 0 Å². The molecule has 0 aliphatic carbocycles. The lowest BCUT2D eigenvalue weighted by Crippen LogP contribution is -2.53. The van der Waals surface area contributed by atoms with Crippen molar-refractivity contribution in [1.82, 2.24) is 9.88 Å². The predicted molar refractivity (Wildman–Crippen MR) is 116 cm³/mol. The Labute approximate surface area is 175 Å². The van der Waals surface area contributed by atoms with E-state index in [4.69, 9.17) is 4.74 Å². The minimum Gasteiger partial charge on any atom is -0.476 e. The number of hydrogen-bond acceptors (Lipinski definition) is 3. The number of carbonyl (C=O) groups is 2. The van der Waals surface area contributed by atoms with Crippen LogP contribution in [0.15, 0.2) is 54.7 Å². The summed E-state index contributed by atoms with van der Waals surface area (Å²) >= 11 is 0. The number of aromatic amines is 1. The van der Waals surface area contributed by atoms with E-state index in [-0.39, 0.29) is 24.8 Å². The fraction of sp³-hybridized carbons (Fsp3) is 0.333. The zero-order chi connectivity index (χ0) is 20.5. The van der Waals surface area contributed by atoms with Crippen molar-refractivity contribution in [3.05, 3.63) is 60.3 Å². The average molecular weight is 403 g/mol. The first-order chi connectivity index (χ1) is 14.7. The van der Waals surface area contributed by atoms with E-state index in [0.717, 1.165) is 54.5 Å². The standard InChI is InChI=1S/C24H25N3O3/c28-23(14-17-15-25-19-9-3-2-8-18(17)19)27-16-22(24(29)26-12-6-1-7-13-26)30-21-11-5-4-10-20(21)27/h2-5,8-11,15,22,25H,1,6-7,12-14,16H2. The third kappa shape index (κ3) is 3.43. The molecule has 6 nitrogen and oxygen atoms in total. The first-order valence-corrected chi connectivity index (χ1v) is 10.6. The third-order valence-electron chi connectivity index (χ3n) is 6.03. The topological polar surface area (TPSA) is 65.6 Å². The Hall–Kier alpha value is -3.28. The summed E-state index contributed by atoms with van der Waals surface area (Å²) < 4.78 is 6.04. The highest BCUT2D eigenvalue weighted by atomic mass is 16.5. The minimum absolute atomic E-state index is 0.0194. The molecule has 0 saturated carbocycles. The third-order valence-corrected chi connectivity index (χ3v) is 6.03. The van der Waals surface area contributed by atoms with E-state index in [9.17, 15) is 9.59 Å². The number of para-hydroxylation sites is 3. The van der Waals surface area contributed by atoms with Crippen molar-refractivity contribution in [2.75, 3.05) is 24.5 Å². The van der Waals surface area contributed by atoms with Gasteiger partial charge >= 0.3 is 0 Å². The van der Waals surface area contributed by atoms with Crippen LogP contribution in [0.1, 0.15) is 24.8 Å². The number of anilines is 1. The molecule has 3 aromatic rings. The Bertz CT molecular complexity index is 1080. The highest BCUT2D eigenvalue weighted by Crippen LogP contribution is 2.34. The fourth-order valence-electron chi connectivity index (χ4n) is 4.45. The van der Waals surface area contributed by atoms with E-state index in [2.05, 4.69) is 4.98 Å². The number of amides is 2. The lowest BCUT2D eigenvalue weighted by Gasteiger charge is -2.37. The average Bonchev–Trinajstić information content (AvgIpc) is 3.21. The van der Waals surface area contributed by atoms with Gasteiger partial charge in [-0.1, -0.05) is 30.3 Å². The van der Waals surface area contributed by atoms with Crippen molar-refractivity contribution in [2.24, 2.45) is 0 Å². The predicted octanol–water partition coefficient (Wildman–Crippen LogP) is 3.52. The molecule has 0 radical (unpaired) electrons. The Morgan fingerprint density at radius 1 is 1.00 bits per heavy atom. The number of fused-ring (bicyclic) bond motifs is 2. The summed E-state index contributed by atoms with van der Waals surface area (Å²) in [6.45, 7) is 1.78. The molecular formula is C24H25N3O3. The molecule has 30 heavy (non-hydrogen) atoms. The Kier molecular flexibility index (Phi) is 4.91. The Morgan fingerprint density at radius 3 is 2.63 bits per heavy atom. The van der Waals surface area contributed by atoms with E-state index >= 15 is 0 Å². The molecule has 1 atom stereocenters. The van der Waals surface area contributed by atoms with Crippen molar-refractivity contribution >= 4 is 28.4 Å². The molecule has 0 spiro atoms. The van der Waals surface area contributed by atoms with Crippen LogP contribution in [0.4, 0.5) is 5.69 Å². The quantitative estimate of drug-likeness (QED) is 0.728. The number of H-pyrrole nitrogens is 1. The van der Waals surface area contributed by atoms with E-state index in [0.29, 0.717) is 5.75 Å². The van der Waals surface area contributed by atoms with Crippen LogP contribution < -0.4 is 9.64 Å². The SMILES string of the molecule is O=C(C1CN(C(=O)Cc2c[nH]c3ccccc23)c2ccccc2O1)N1CCCCC1. The van der Waals surface area contributed by atoms with Crippen molar-refractivity contribution in [3.8, 4) is 5.75 Å². The summed E-state index contributed by atoms with van der Waals surface area (Å²) in [5.41, 5.74) is 2.70. The molecule has 0 bridgehead atoms. The van der Waals surface area contributed by atoms with Gasteiger partial charge < -0.3 is 19.5 Å². The van der Waals surface area contributed by atoms with Gasteiger partial charge in [-0.3, -0.25) is 9.59 Å². The number of ether oxygens (including phenoxy) is 1. The molecule has 154 valence electrons. The van der Waals surface area contributed by atoms with E-state index in [1.807, 2.05) is 59.6 Å². The summed E-state index contributed by atoms with van der Waals surface area (Å²) in [5, 5.41) is 1.05. The number of likely N-dealkylation sites (tertiary alicyclic amines) is 1. The smallest absolute Gasteiger partial charge is 0.265 e. The summed E-state index contributed by atoms with van der Waals surface area (Å²) in [5.74, 6) is 0.535. The van der Waals surface area contributed by atoms with Crippen LogP contribution in [-0.4, -0.2) is 47.4 Å². The molecule has 1 aromatic heterocycles. The van der Waals surface area contributed by atoms with Crippen LogP contribution in [0.2, 0.25) is 0 Å². The van der Waals surface area contributed by atoms with Gasteiger partial charge in [0.15, 0.2) is 6.10 Å². The molecule has 5 rings (SSSR count). The summed E-state index contributed by atoms with van der Waals surface area (Å²) in [7, 11) is 0. The number of hydrogen-bond donors (Lipinski definition) is 1. The van der Waals surface area contributed by atoms with Crippen LogP contribution in [0, 0.1) is 0 Å². The molecular weight excluding hydrogens is 378 g/mol. The summed E-state index contributed by atoms with van der Waals surface area (Å²) in [6.07, 6.45) is 4.71. The molecule has 1 N–H and O–H groups in total. The van der Waals surface area contributed by atoms with Gasteiger partial charge in [0.2, 0.25) is 5.91 Å². The lowest BCUT2D eigenvalue weighted by atomic mass is 10.1. The Balaban J connectivity index is 1.41. The van der Waals surface area contributed by atoms with Gasteiger partial charge in [-0.05, 0) is 43.0 Å². The van der Waals surface area contributed by atoms with Gasteiger partial charge in [-0.25, -0.2) is 0 Å². The Morgan fingerprint density at radius 2 is 1.77 bits per heavy atom. The number of piperidine rings is 1. The molecule has 2 aliphatic rings. The van der Waals surface area contributed by atoms with Crippen LogP contribution in [-0.2, 0) is 16.0 Å². The molecule has 2 aromatic carbocycles. The second-order valence-corrected chi connectivity index (χ2v) is 8.00. The van der Waals surface area contributed by atoms with Gasteiger partial charge in [0.1, 0.15) is 5.75 Å². The number of benzene rings is 2. The van der Waals surface area contributed by atoms with Crippen LogP contribution in [0.25, 0.3) is 10.9 Å². The zero-order valence-corrected chi connectivity index (χ0v) is 16.8. The second-order valence-electron chi connectivity index (χ2n) is 8.00. The maximum Gasteiger partial charge on any atom is 0.265 e. The lowest BCUT2D eigenvalue weighted by molar-refractivity contribution is -0.139. The number of rotatable bonds is 3. The van der Waals surface area contributed by atoms with E-state index in [1.54, 1.807) is 4.90 Å². The fourth-order valence-corrected chi connectivity index (χ4v) is 4.45. The normalized spacial score (nSPS) is 18.7. The second kappa shape index (κ2) is 7.86. The maximum atomic E-state index is 13.3. The van der Waals surface area contributed by atoms with Crippen molar-refractivity contribution in [1.29, 1.82) is 0 Å². The number of aromatic nitrogens is 1. The molecule has 6 heteroatoms. The highest BCUT2D eigenvalue weighted by molar-refractivity contribution is 6.00. The number of nitrogens with zero attached hydrogens (tertiary/aromatic N) is 2. The van der Waals surface area contributed by atoms with Gasteiger partial charge in [0.05, 0.1) is 18.7 Å². The largest absolute Gasteiger partial charge is 0.476 e. The van der Waals surface area contributed by atoms with E-state index < -0.39 is 6.10 Å². The van der Waals surface area contributed by atoms with Gasteiger partial charge in [0, 0.05) is 30.2 Å². The number of nitrogens with one attached hydrogen (secondary N) is 1. The summed E-state index contributed by atoms with van der Waals surface area (Å²) in [6, 6.07) is 15.4. The highest BCUT2D eigenvalue weighted by Gasteiger charge is 2.36. The monoisotopic (exact) mass is 403 g/mol. The van der Waals surface area contributed by atoms with Gasteiger partial charge in [0.25, 0.3) is 5.91 Å². The molecule has 1 unspecified atom stereocenters. The van der Waals surface area contributed by atoms with Crippen molar-refractivity contribution in [2.45, 2.75) is 31.8 Å². The number of carbonyl (C=O) groups excluding carboxylic acids is 2. The molecule has 1 fully saturated rings. The zero-order valence-electron chi connectivity index (χ0n) is 16.8. The minimum atomic E-state index is -0.662.